The molecule has 0 saturated heterocycles. The Kier molecular flexibility index (Phi) is 5.10. The van der Waals surface area contributed by atoms with E-state index >= 15 is 0 Å². The molecule has 0 spiro atoms. The van der Waals surface area contributed by atoms with Crippen LogP contribution in [0, 0.1) is 0 Å². The monoisotopic (exact) mass is 237 g/mol. The van der Waals surface area contributed by atoms with Crippen LogP contribution < -0.4 is 15.8 Å². The fraction of sp³-hybridized carbons (Fsp3) is 0.538. The van der Waals surface area contributed by atoms with Crippen molar-refractivity contribution < 1.29 is 4.74 Å². The van der Waals surface area contributed by atoms with Gasteiger partial charge >= 0.3 is 0 Å². The number of anilines is 2. The molecule has 0 aliphatic heterocycles. The van der Waals surface area contributed by atoms with Crippen LogP contribution in [-0.2, 0) is 0 Å². The summed E-state index contributed by atoms with van der Waals surface area (Å²) in [6.45, 7) is 5.81. The van der Waals surface area contributed by atoms with Crippen LogP contribution in [0.1, 0.15) is 13.8 Å². The zero-order chi connectivity index (χ0) is 12.8. The Hall–Kier alpha value is -1.42. The molecule has 96 valence electrons. The molecule has 1 rings (SSSR count). The summed E-state index contributed by atoms with van der Waals surface area (Å²) in [4.78, 5) is 2.12. The summed E-state index contributed by atoms with van der Waals surface area (Å²) in [5.74, 6) is 0.745. The summed E-state index contributed by atoms with van der Waals surface area (Å²) in [7, 11) is 4.09. The third-order valence-electron chi connectivity index (χ3n) is 2.30. The van der Waals surface area contributed by atoms with Crippen LogP contribution in [0.3, 0.4) is 0 Å². The number of ether oxygens (including phenoxy) is 1. The fourth-order valence-corrected chi connectivity index (χ4v) is 1.47. The Bertz CT molecular complexity index is 351. The van der Waals surface area contributed by atoms with Crippen LogP contribution >= 0.6 is 0 Å². The van der Waals surface area contributed by atoms with Crippen molar-refractivity contribution in [2.75, 3.05) is 38.2 Å². The Balaban J connectivity index is 2.66. The van der Waals surface area contributed by atoms with Crippen molar-refractivity contribution in [3.05, 3.63) is 18.2 Å². The van der Waals surface area contributed by atoms with Gasteiger partial charge in [-0.05, 0) is 40.1 Å². The molecule has 3 N–H and O–H groups in total. The smallest absolute Gasteiger partial charge is 0.144 e. The van der Waals surface area contributed by atoms with E-state index in [0.29, 0.717) is 5.69 Å². The highest BCUT2D eigenvalue weighted by molar-refractivity contribution is 5.72. The van der Waals surface area contributed by atoms with Gasteiger partial charge in [0.2, 0.25) is 0 Å². The number of nitrogens with two attached hydrogens (primary N) is 1. The van der Waals surface area contributed by atoms with E-state index in [4.69, 9.17) is 10.5 Å². The Labute approximate surface area is 104 Å². The first-order valence-corrected chi connectivity index (χ1v) is 5.94. The topological polar surface area (TPSA) is 50.5 Å². The minimum absolute atomic E-state index is 0.134. The lowest BCUT2D eigenvalue weighted by Crippen LogP contribution is -2.21. The SMILES string of the molecule is CC(C)Oc1cccc(NCCN(C)C)c1N. The van der Waals surface area contributed by atoms with Crippen LogP contribution in [0.5, 0.6) is 5.75 Å². The fourth-order valence-electron chi connectivity index (χ4n) is 1.47. The first-order valence-electron chi connectivity index (χ1n) is 5.94. The molecule has 0 unspecified atom stereocenters. The van der Waals surface area contributed by atoms with Gasteiger partial charge in [-0.2, -0.15) is 0 Å². The molecule has 1 aromatic rings. The van der Waals surface area contributed by atoms with Crippen molar-refractivity contribution in [1.29, 1.82) is 0 Å². The summed E-state index contributed by atoms with van der Waals surface area (Å²) in [6, 6.07) is 5.82. The van der Waals surface area contributed by atoms with Gasteiger partial charge in [-0.25, -0.2) is 0 Å². The van der Waals surface area contributed by atoms with E-state index < -0.39 is 0 Å². The highest BCUT2D eigenvalue weighted by Gasteiger charge is 2.06. The standard InChI is InChI=1S/C13H23N3O/c1-10(2)17-12-7-5-6-11(13(12)14)15-8-9-16(3)4/h5-7,10,15H,8-9,14H2,1-4H3. The van der Waals surface area contributed by atoms with E-state index in [0.717, 1.165) is 24.5 Å². The molecule has 0 bridgehead atoms. The molecule has 0 aromatic heterocycles. The number of nitrogen functional groups attached to an aromatic ring is 1. The number of nitrogens with zero attached hydrogens (tertiary/aromatic N) is 1. The zero-order valence-corrected chi connectivity index (χ0v) is 11.2. The average Bonchev–Trinajstić information content (AvgIpc) is 2.22. The number of benzene rings is 1. The lowest BCUT2D eigenvalue weighted by molar-refractivity contribution is 0.244. The quantitative estimate of drug-likeness (QED) is 0.743. The zero-order valence-electron chi connectivity index (χ0n) is 11.2. The Morgan fingerprint density at radius 1 is 1.35 bits per heavy atom. The number of nitrogens with one attached hydrogen (secondary N) is 1. The van der Waals surface area contributed by atoms with Crippen LogP contribution in [0.2, 0.25) is 0 Å². The molecular weight excluding hydrogens is 214 g/mol. The summed E-state index contributed by atoms with van der Waals surface area (Å²) >= 11 is 0. The number of hydrogen-bond acceptors (Lipinski definition) is 4. The first-order chi connectivity index (χ1) is 8.00. The van der Waals surface area contributed by atoms with Crippen LogP contribution in [-0.4, -0.2) is 38.2 Å². The summed E-state index contributed by atoms with van der Waals surface area (Å²) in [5, 5.41) is 3.31. The molecule has 0 aliphatic rings. The van der Waals surface area contributed by atoms with Crippen LogP contribution in [0.4, 0.5) is 11.4 Å². The predicted molar refractivity (Wildman–Crippen MR) is 73.7 cm³/mol. The second-order valence-corrected chi connectivity index (χ2v) is 4.61. The van der Waals surface area contributed by atoms with Gasteiger partial charge in [0.1, 0.15) is 5.75 Å². The van der Waals surface area contributed by atoms with Gasteiger partial charge in [0.25, 0.3) is 0 Å². The molecular formula is C13H23N3O. The van der Waals surface area contributed by atoms with E-state index in [1.807, 2.05) is 46.1 Å². The third-order valence-corrected chi connectivity index (χ3v) is 2.30. The molecule has 0 fully saturated rings. The van der Waals surface area contributed by atoms with Crippen molar-refractivity contribution in [2.24, 2.45) is 0 Å². The maximum atomic E-state index is 6.05. The lowest BCUT2D eigenvalue weighted by atomic mass is 10.2. The number of rotatable bonds is 6. The van der Waals surface area contributed by atoms with Crippen LogP contribution in [0.15, 0.2) is 18.2 Å². The third kappa shape index (κ3) is 4.53. The maximum absolute atomic E-state index is 6.05. The van der Waals surface area contributed by atoms with Gasteiger partial charge in [0, 0.05) is 13.1 Å². The molecule has 4 heteroatoms. The van der Waals surface area contributed by atoms with E-state index in [1.165, 1.54) is 0 Å². The first kappa shape index (κ1) is 13.6. The van der Waals surface area contributed by atoms with Crippen LogP contribution in [0.25, 0.3) is 0 Å². The normalized spacial score (nSPS) is 10.9. The van der Waals surface area contributed by atoms with Gasteiger partial charge < -0.3 is 20.7 Å². The van der Waals surface area contributed by atoms with Crippen molar-refractivity contribution in [3.63, 3.8) is 0 Å². The second-order valence-electron chi connectivity index (χ2n) is 4.61. The van der Waals surface area contributed by atoms with Gasteiger partial charge in [0.05, 0.1) is 17.5 Å². The van der Waals surface area contributed by atoms with Gasteiger partial charge in [-0.1, -0.05) is 6.07 Å². The Morgan fingerprint density at radius 3 is 2.65 bits per heavy atom. The molecule has 0 atom stereocenters. The second kappa shape index (κ2) is 6.35. The van der Waals surface area contributed by atoms with E-state index in [-0.39, 0.29) is 6.10 Å². The molecule has 0 radical (unpaired) electrons. The number of para-hydroxylation sites is 1. The van der Waals surface area contributed by atoms with E-state index in [1.54, 1.807) is 0 Å². The maximum Gasteiger partial charge on any atom is 0.144 e. The Morgan fingerprint density at radius 2 is 2.06 bits per heavy atom. The molecule has 4 nitrogen and oxygen atoms in total. The molecule has 1 aromatic carbocycles. The number of likely N-dealkylation sites (N-methyl/N-ethyl adjacent to an activating group) is 1. The summed E-state index contributed by atoms with van der Waals surface area (Å²) in [6.07, 6.45) is 0.134. The highest BCUT2D eigenvalue weighted by atomic mass is 16.5. The molecule has 0 aliphatic carbocycles. The van der Waals surface area contributed by atoms with Crippen molar-refractivity contribution in [1.82, 2.24) is 4.90 Å². The van der Waals surface area contributed by atoms with E-state index in [2.05, 4.69) is 10.2 Å². The van der Waals surface area contributed by atoms with Crippen molar-refractivity contribution in [3.8, 4) is 5.75 Å². The highest BCUT2D eigenvalue weighted by Crippen LogP contribution is 2.29. The molecule has 17 heavy (non-hydrogen) atoms. The van der Waals surface area contributed by atoms with E-state index in [9.17, 15) is 0 Å². The lowest BCUT2D eigenvalue weighted by Gasteiger charge is -2.16. The minimum atomic E-state index is 0.134. The van der Waals surface area contributed by atoms with Crippen molar-refractivity contribution in [2.45, 2.75) is 20.0 Å². The molecule has 0 amide bonds. The molecule has 0 heterocycles. The predicted octanol–water partition coefficient (Wildman–Crippen LogP) is 2.03. The van der Waals surface area contributed by atoms with Gasteiger partial charge in [-0.15, -0.1) is 0 Å². The molecule has 0 saturated carbocycles. The van der Waals surface area contributed by atoms with Gasteiger partial charge in [0.15, 0.2) is 0 Å². The van der Waals surface area contributed by atoms with Gasteiger partial charge in [-0.3, -0.25) is 0 Å². The van der Waals surface area contributed by atoms with Crippen molar-refractivity contribution >= 4 is 11.4 Å². The summed E-state index contributed by atoms with van der Waals surface area (Å²) in [5.41, 5.74) is 7.66. The largest absolute Gasteiger partial charge is 0.489 e. The summed E-state index contributed by atoms with van der Waals surface area (Å²) < 4.78 is 5.64. The average molecular weight is 237 g/mol. The minimum Gasteiger partial charge on any atom is -0.489 e. The number of hydrogen-bond donors (Lipinski definition) is 2.